The maximum absolute atomic E-state index is 11.4. The van der Waals surface area contributed by atoms with Gasteiger partial charge in [0, 0.05) is 23.9 Å². The van der Waals surface area contributed by atoms with Crippen LogP contribution in [0.2, 0.25) is 0 Å². The quantitative estimate of drug-likeness (QED) is 0.629. The summed E-state index contributed by atoms with van der Waals surface area (Å²) >= 11 is 0. The molecule has 0 amide bonds. The summed E-state index contributed by atoms with van der Waals surface area (Å²) in [7, 11) is 3.20. The second-order valence-electron chi connectivity index (χ2n) is 5.06. The zero-order chi connectivity index (χ0) is 16.8. The predicted octanol–water partition coefficient (Wildman–Crippen LogP) is 2.13. The Labute approximate surface area is 134 Å². The molecule has 0 aliphatic heterocycles. The Kier molecular flexibility index (Phi) is 5.35. The van der Waals surface area contributed by atoms with E-state index in [1.807, 2.05) is 25.1 Å². The average molecular weight is 316 g/mol. The molecule has 1 heterocycles. The van der Waals surface area contributed by atoms with E-state index in [-0.39, 0.29) is 5.56 Å². The lowest BCUT2D eigenvalue weighted by Gasteiger charge is -2.09. The molecule has 7 nitrogen and oxygen atoms in total. The zero-order valence-electron chi connectivity index (χ0n) is 13.6. The van der Waals surface area contributed by atoms with Gasteiger partial charge in [-0.1, -0.05) is 6.07 Å². The van der Waals surface area contributed by atoms with E-state index >= 15 is 0 Å². The number of hydrogen-bond acceptors (Lipinski definition) is 6. The molecule has 122 valence electrons. The monoisotopic (exact) mass is 316 g/mol. The van der Waals surface area contributed by atoms with Gasteiger partial charge in [0.15, 0.2) is 11.5 Å². The fourth-order valence-corrected chi connectivity index (χ4v) is 2.11. The van der Waals surface area contributed by atoms with Crippen LogP contribution in [0.25, 0.3) is 0 Å². The van der Waals surface area contributed by atoms with Crippen LogP contribution in [0.1, 0.15) is 18.2 Å². The van der Waals surface area contributed by atoms with Crippen LogP contribution in [-0.4, -0.2) is 29.9 Å². The van der Waals surface area contributed by atoms with Crippen molar-refractivity contribution in [2.45, 2.75) is 20.3 Å². The van der Waals surface area contributed by atoms with Crippen molar-refractivity contribution in [1.82, 2.24) is 9.97 Å². The second-order valence-corrected chi connectivity index (χ2v) is 5.06. The SMILES string of the molecule is COc1ccc(C/C(C)=N\Nc2nc(C)cc(=O)[nH]2)cc1OC. The molecule has 1 aromatic carbocycles. The number of rotatable bonds is 6. The molecule has 1 aromatic heterocycles. The number of hydrogen-bond donors (Lipinski definition) is 2. The zero-order valence-corrected chi connectivity index (χ0v) is 13.6. The van der Waals surface area contributed by atoms with Gasteiger partial charge in [-0.05, 0) is 31.5 Å². The van der Waals surface area contributed by atoms with Gasteiger partial charge in [-0.15, -0.1) is 0 Å². The number of aryl methyl sites for hydroxylation is 1. The van der Waals surface area contributed by atoms with Crippen LogP contribution in [0, 0.1) is 6.92 Å². The number of nitrogens with zero attached hydrogens (tertiary/aromatic N) is 2. The Morgan fingerprint density at radius 2 is 2.00 bits per heavy atom. The summed E-state index contributed by atoms with van der Waals surface area (Å²) < 4.78 is 10.5. The van der Waals surface area contributed by atoms with Gasteiger partial charge in [0.1, 0.15) is 0 Å². The molecular weight excluding hydrogens is 296 g/mol. The molecule has 0 spiro atoms. The van der Waals surface area contributed by atoms with E-state index < -0.39 is 0 Å². The molecule has 2 aromatic rings. The largest absolute Gasteiger partial charge is 0.493 e. The van der Waals surface area contributed by atoms with Crippen LogP contribution >= 0.6 is 0 Å². The lowest BCUT2D eigenvalue weighted by molar-refractivity contribution is 0.354. The van der Waals surface area contributed by atoms with E-state index in [4.69, 9.17) is 9.47 Å². The maximum Gasteiger partial charge on any atom is 0.252 e. The van der Waals surface area contributed by atoms with Crippen molar-refractivity contribution in [3.63, 3.8) is 0 Å². The first-order valence-electron chi connectivity index (χ1n) is 7.10. The molecule has 0 radical (unpaired) electrons. The van der Waals surface area contributed by atoms with Crippen molar-refractivity contribution < 1.29 is 9.47 Å². The van der Waals surface area contributed by atoms with Crippen LogP contribution < -0.4 is 20.5 Å². The van der Waals surface area contributed by atoms with Gasteiger partial charge in [0.05, 0.1) is 14.2 Å². The Hall–Kier alpha value is -2.83. The lowest BCUT2D eigenvalue weighted by Crippen LogP contribution is -2.11. The number of aromatic amines is 1. The van der Waals surface area contributed by atoms with E-state index in [0.717, 1.165) is 11.3 Å². The highest BCUT2D eigenvalue weighted by Gasteiger charge is 2.05. The maximum atomic E-state index is 11.4. The number of methoxy groups -OCH3 is 2. The number of hydrazone groups is 1. The molecule has 2 N–H and O–H groups in total. The highest BCUT2D eigenvalue weighted by molar-refractivity contribution is 5.84. The summed E-state index contributed by atoms with van der Waals surface area (Å²) in [6, 6.07) is 7.14. The molecule has 0 aliphatic rings. The summed E-state index contributed by atoms with van der Waals surface area (Å²) in [6.07, 6.45) is 0.628. The summed E-state index contributed by atoms with van der Waals surface area (Å²) in [5, 5.41) is 4.23. The fraction of sp³-hybridized carbons (Fsp3) is 0.312. The number of benzene rings is 1. The third-order valence-corrected chi connectivity index (χ3v) is 3.13. The molecule has 0 saturated carbocycles. The van der Waals surface area contributed by atoms with Gasteiger partial charge in [0.2, 0.25) is 5.95 Å². The predicted molar refractivity (Wildman–Crippen MR) is 89.6 cm³/mol. The van der Waals surface area contributed by atoms with Gasteiger partial charge in [-0.3, -0.25) is 9.78 Å². The molecule has 0 unspecified atom stereocenters. The first-order chi connectivity index (χ1) is 11.0. The molecule has 0 atom stereocenters. The highest BCUT2D eigenvalue weighted by atomic mass is 16.5. The number of H-pyrrole nitrogens is 1. The van der Waals surface area contributed by atoms with Crippen LogP contribution in [0.4, 0.5) is 5.95 Å². The Bertz CT molecular complexity index is 768. The molecular formula is C16H20N4O3. The van der Waals surface area contributed by atoms with Crippen molar-refractivity contribution in [3.8, 4) is 11.5 Å². The first-order valence-corrected chi connectivity index (χ1v) is 7.10. The van der Waals surface area contributed by atoms with Crippen molar-refractivity contribution in [2.24, 2.45) is 5.10 Å². The summed E-state index contributed by atoms with van der Waals surface area (Å²) in [6.45, 7) is 3.64. The third-order valence-electron chi connectivity index (χ3n) is 3.13. The second kappa shape index (κ2) is 7.44. The van der Waals surface area contributed by atoms with Crippen LogP contribution in [0.5, 0.6) is 11.5 Å². The minimum atomic E-state index is -0.215. The van der Waals surface area contributed by atoms with Crippen LogP contribution in [-0.2, 0) is 6.42 Å². The number of aromatic nitrogens is 2. The summed E-state index contributed by atoms with van der Waals surface area (Å²) in [5.41, 5.74) is 5.05. The van der Waals surface area contributed by atoms with E-state index in [1.54, 1.807) is 21.1 Å². The average Bonchev–Trinajstić information content (AvgIpc) is 2.52. The molecule has 2 rings (SSSR count). The Morgan fingerprint density at radius 1 is 1.26 bits per heavy atom. The van der Waals surface area contributed by atoms with Gasteiger partial charge in [-0.2, -0.15) is 5.10 Å². The minimum absolute atomic E-state index is 0.215. The molecule has 7 heteroatoms. The topological polar surface area (TPSA) is 88.6 Å². The van der Waals surface area contributed by atoms with Crippen molar-refractivity contribution in [1.29, 1.82) is 0 Å². The summed E-state index contributed by atoms with van der Waals surface area (Å²) in [4.78, 5) is 18.1. The molecule has 0 bridgehead atoms. The number of nitrogens with one attached hydrogen (secondary N) is 2. The smallest absolute Gasteiger partial charge is 0.252 e. The van der Waals surface area contributed by atoms with Crippen LogP contribution in [0.3, 0.4) is 0 Å². The van der Waals surface area contributed by atoms with Crippen molar-refractivity contribution in [3.05, 3.63) is 45.9 Å². The Morgan fingerprint density at radius 3 is 2.65 bits per heavy atom. The minimum Gasteiger partial charge on any atom is -0.493 e. The standard InChI is InChI=1S/C16H20N4O3/c1-10-8-15(21)18-16(17-10)20-19-11(2)7-12-5-6-13(22-3)14(9-12)23-4/h5-6,8-9H,7H2,1-4H3,(H2,17,18,20,21)/b19-11-. The first kappa shape index (κ1) is 16.5. The van der Waals surface area contributed by atoms with E-state index in [1.165, 1.54) is 6.07 Å². The Balaban J connectivity index is 2.09. The normalized spacial score (nSPS) is 11.2. The summed E-state index contributed by atoms with van der Waals surface area (Å²) in [5.74, 6) is 1.68. The molecule has 0 saturated heterocycles. The molecule has 0 fully saturated rings. The highest BCUT2D eigenvalue weighted by Crippen LogP contribution is 2.27. The van der Waals surface area contributed by atoms with Gasteiger partial charge in [-0.25, -0.2) is 10.4 Å². The van der Waals surface area contributed by atoms with Gasteiger partial charge in [0.25, 0.3) is 5.56 Å². The molecule has 23 heavy (non-hydrogen) atoms. The lowest BCUT2D eigenvalue weighted by atomic mass is 10.1. The fourth-order valence-electron chi connectivity index (χ4n) is 2.11. The third kappa shape index (κ3) is 4.57. The van der Waals surface area contributed by atoms with Crippen molar-refractivity contribution in [2.75, 3.05) is 19.6 Å². The number of anilines is 1. The van der Waals surface area contributed by atoms with E-state index in [0.29, 0.717) is 29.6 Å². The van der Waals surface area contributed by atoms with Gasteiger partial charge >= 0.3 is 0 Å². The van der Waals surface area contributed by atoms with E-state index in [9.17, 15) is 4.79 Å². The van der Waals surface area contributed by atoms with Crippen molar-refractivity contribution >= 4 is 11.7 Å². The van der Waals surface area contributed by atoms with E-state index in [2.05, 4.69) is 20.5 Å². The molecule has 0 aliphatic carbocycles. The number of ether oxygens (including phenoxy) is 2. The van der Waals surface area contributed by atoms with Crippen LogP contribution in [0.15, 0.2) is 34.2 Å². The van der Waals surface area contributed by atoms with Gasteiger partial charge < -0.3 is 9.47 Å².